The van der Waals surface area contributed by atoms with E-state index in [9.17, 15) is 4.79 Å². The number of nitrogens with one attached hydrogen (secondary N) is 3. The summed E-state index contributed by atoms with van der Waals surface area (Å²) in [6.07, 6.45) is 0.397. The average Bonchev–Trinajstić information content (AvgIpc) is 2.37. The highest BCUT2D eigenvalue weighted by molar-refractivity contribution is 5.76. The molecule has 0 radical (unpaired) electrons. The van der Waals surface area contributed by atoms with Crippen LogP contribution in [0, 0.1) is 0 Å². The zero-order valence-corrected chi connectivity index (χ0v) is 12.6. The van der Waals surface area contributed by atoms with Gasteiger partial charge in [-0.1, -0.05) is 20.8 Å². The van der Waals surface area contributed by atoms with Crippen molar-refractivity contribution >= 4 is 17.5 Å². The highest BCUT2D eigenvalue weighted by atomic mass is 16.1. The number of carbonyl (C=O) groups is 1. The molecule has 112 valence electrons. The molecule has 20 heavy (non-hydrogen) atoms. The van der Waals surface area contributed by atoms with E-state index in [1.807, 2.05) is 27.7 Å². The SMILES string of the molecule is CCNC(=O)CCNc1cc(NN)nc(C(C)(C)C)n1. The van der Waals surface area contributed by atoms with Crippen molar-refractivity contribution in [1.82, 2.24) is 15.3 Å². The van der Waals surface area contributed by atoms with E-state index in [4.69, 9.17) is 5.84 Å². The molecular formula is C13H24N6O. The zero-order chi connectivity index (χ0) is 15.2. The molecule has 0 saturated carbocycles. The second kappa shape index (κ2) is 7.04. The summed E-state index contributed by atoms with van der Waals surface area (Å²) < 4.78 is 0. The van der Waals surface area contributed by atoms with Gasteiger partial charge in [-0.2, -0.15) is 0 Å². The first kappa shape index (κ1) is 16.2. The van der Waals surface area contributed by atoms with Crippen LogP contribution < -0.4 is 21.9 Å². The first-order valence-corrected chi connectivity index (χ1v) is 6.73. The molecule has 0 bridgehead atoms. The third-order valence-corrected chi connectivity index (χ3v) is 2.58. The van der Waals surface area contributed by atoms with Crippen molar-refractivity contribution in [3.8, 4) is 0 Å². The molecular weight excluding hydrogens is 256 g/mol. The van der Waals surface area contributed by atoms with Crippen molar-refractivity contribution in [3.63, 3.8) is 0 Å². The van der Waals surface area contributed by atoms with Crippen LogP contribution in [0.15, 0.2) is 6.07 Å². The molecule has 5 N–H and O–H groups in total. The Morgan fingerprint density at radius 1 is 1.30 bits per heavy atom. The molecule has 1 aromatic heterocycles. The summed E-state index contributed by atoms with van der Waals surface area (Å²) in [6.45, 7) is 9.13. The number of amides is 1. The molecule has 0 aliphatic rings. The van der Waals surface area contributed by atoms with Gasteiger partial charge >= 0.3 is 0 Å². The maximum Gasteiger partial charge on any atom is 0.221 e. The average molecular weight is 280 g/mol. The lowest BCUT2D eigenvalue weighted by Gasteiger charge is -2.18. The maximum atomic E-state index is 11.4. The van der Waals surface area contributed by atoms with Gasteiger partial charge in [0.15, 0.2) is 0 Å². The van der Waals surface area contributed by atoms with Crippen LogP contribution >= 0.6 is 0 Å². The van der Waals surface area contributed by atoms with Crippen molar-refractivity contribution in [2.24, 2.45) is 5.84 Å². The van der Waals surface area contributed by atoms with Crippen LogP contribution in [0.2, 0.25) is 0 Å². The van der Waals surface area contributed by atoms with Crippen molar-refractivity contribution in [2.45, 2.75) is 39.5 Å². The Kier molecular flexibility index (Phi) is 5.69. The highest BCUT2D eigenvalue weighted by Gasteiger charge is 2.19. The van der Waals surface area contributed by atoms with Gasteiger partial charge in [0.2, 0.25) is 5.91 Å². The van der Waals surface area contributed by atoms with Crippen LogP contribution in [0.1, 0.15) is 39.9 Å². The quantitative estimate of drug-likeness (QED) is 0.457. The van der Waals surface area contributed by atoms with Gasteiger partial charge in [0.1, 0.15) is 17.5 Å². The highest BCUT2D eigenvalue weighted by Crippen LogP contribution is 2.21. The standard InChI is InChI=1S/C13H24N6O/c1-5-15-11(20)6-7-16-9-8-10(19-14)18-12(17-9)13(2,3)4/h8H,5-7,14H2,1-4H3,(H,15,20)(H2,16,17,18,19). The minimum atomic E-state index is -0.178. The molecule has 1 rings (SSSR count). The second-order valence-electron chi connectivity index (χ2n) is 5.49. The van der Waals surface area contributed by atoms with Gasteiger partial charge in [-0.3, -0.25) is 4.79 Å². The summed E-state index contributed by atoms with van der Waals surface area (Å²) in [6, 6.07) is 1.72. The molecule has 0 unspecified atom stereocenters. The van der Waals surface area contributed by atoms with Crippen molar-refractivity contribution in [1.29, 1.82) is 0 Å². The number of nitrogens with two attached hydrogens (primary N) is 1. The fraction of sp³-hybridized carbons (Fsp3) is 0.615. The Morgan fingerprint density at radius 3 is 2.50 bits per heavy atom. The Bertz CT molecular complexity index is 455. The van der Waals surface area contributed by atoms with E-state index < -0.39 is 0 Å². The van der Waals surface area contributed by atoms with Crippen LogP contribution in [0.3, 0.4) is 0 Å². The van der Waals surface area contributed by atoms with Crippen LogP contribution in [0.25, 0.3) is 0 Å². The number of nitrogens with zero attached hydrogens (tertiary/aromatic N) is 2. The number of nitrogen functional groups attached to an aromatic ring is 1. The van der Waals surface area contributed by atoms with Crippen LogP contribution in [0.5, 0.6) is 0 Å². The first-order chi connectivity index (χ1) is 9.36. The van der Waals surface area contributed by atoms with Gasteiger partial charge < -0.3 is 16.1 Å². The monoisotopic (exact) mass is 280 g/mol. The van der Waals surface area contributed by atoms with E-state index in [1.165, 1.54) is 0 Å². The summed E-state index contributed by atoms with van der Waals surface area (Å²) in [4.78, 5) is 20.1. The lowest BCUT2D eigenvalue weighted by Crippen LogP contribution is -2.25. The van der Waals surface area contributed by atoms with Gasteiger partial charge in [0.25, 0.3) is 0 Å². The van der Waals surface area contributed by atoms with Crippen molar-refractivity contribution in [3.05, 3.63) is 11.9 Å². The first-order valence-electron chi connectivity index (χ1n) is 6.73. The smallest absolute Gasteiger partial charge is 0.221 e. The summed E-state index contributed by atoms with van der Waals surface area (Å²) in [5.41, 5.74) is 2.35. The summed E-state index contributed by atoms with van der Waals surface area (Å²) in [7, 11) is 0. The maximum absolute atomic E-state index is 11.4. The van der Waals surface area contributed by atoms with Gasteiger partial charge in [-0.05, 0) is 6.92 Å². The van der Waals surface area contributed by atoms with Gasteiger partial charge in [0.05, 0.1) is 0 Å². The van der Waals surface area contributed by atoms with E-state index in [2.05, 4.69) is 26.0 Å². The number of anilines is 2. The molecule has 0 spiro atoms. The fourth-order valence-electron chi connectivity index (χ4n) is 1.54. The molecule has 0 aliphatic heterocycles. The Morgan fingerprint density at radius 2 is 1.95 bits per heavy atom. The van der Waals surface area contributed by atoms with Crippen molar-refractivity contribution in [2.75, 3.05) is 23.8 Å². The Balaban J connectivity index is 2.72. The van der Waals surface area contributed by atoms with Crippen LogP contribution in [-0.4, -0.2) is 29.0 Å². The van der Waals surface area contributed by atoms with Gasteiger partial charge in [-0.25, -0.2) is 15.8 Å². The molecule has 7 nitrogen and oxygen atoms in total. The zero-order valence-electron chi connectivity index (χ0n) is 12.6. The Hall–Kier alpha value is -1.89. The molecule has 1 heterocycles. The predicted octanol–water partition coefficient (Wildman–Crippen LogP) is 0.998. The third kappa shape index (κ3) is 5.00. The number of hydrogen-bond donors (Lipinski definition) is 4. The molecule has 7 heteroatoms. The summed E-state index contributed by atoms with van der Waals surface area (Å²) >= 11 is 0. The second-order valence-corrected chi connectivity index (χ2v) is 5.49. The Labute approximate surface area is 119 Å². The molecule has 1 aromatic rings. The molecule has 0 aromatic carbocycles. The fourth-order valence-corrected chi connectivity index (χ4v) is 1.54. The molecule has 0 saturated heterocycles. The lowest BCUT2D eigenvalue weighted by atomic mass is 9.96. The number of hydrogen-bond acceptors (Lipinski definition) is 6. The van der Waals surface area contributed by atoms with E-state index in [0.29, 0.717) is 37.0 Å². The summed E-state index contributed by atoms with van der Waals surface area (Å²) in [5.74, 6) is 7.32. The number of hydrazine groups is 1. The van der Waals surface area contributed by atoms with E-state index >= 15 is 0 Å². The number of rotatable bonds is 6. The number of aromatic nitrogens is 2. The van der Waals surface area contributed by atoms with Crippen LogP contribution in [0.4, 0.5) is 11.6 Å². The van der Waals surface area contributed by atoms with E-state index in [-0.39, 0.29) is 11.3 Å². The molecule has 0 aliphatic carbocycles. The van der Waals surface area contributed by atoms with E-state index in [1.54, 1.807) is 6.07 Å². The normalized spacial score (nSPS) is 11.1. The molecule has 0 atom stereocenters. The van der Waals surface area contributed by atoms with Gasteiger partial charge in [-0.15, -0.1) is 0 Å². The predicted molar refractivity (Wildman–Crippen MR) is 80.3 cm³/mol. The number of carbonyl (C=O) groups excluding carboxylic acids is 1. The van der Waals surface area contributed by atoms with Crippen molar-refractivity contribution < 1.29 is 4.79 Å². The lowest BCUT2D eigenvalue weighted by molar-refractivity contribution is -0.120. The molecule has 0 fully saturated rings. The summed E-state index contributed by atoms with van der Waals surface area (Å²) in [5, 5.41) is 5.86. The van der Waals surface area contributed by atoms with E-state index in [0.717, 1.165) is 0 Å². The minimum absolute atomic E-state index is 0.0160. The largest absolute Gasteiger partial charge is 0.369 e. The van der Waals surface area contributed by atoms with Crippen LogP contribution in [-0.2, 0) is 10.2 Å². The minimum Gasteiger partial charge on any atom is -0.369 e. The molecule has 1 amide bonds. The van der Waals surface area contributed by atoms with Gasteiger partial charge in [0, 0.05) is 31.0 Å². The third-order valence-electron chi connectivity index (χ3n) is 2.58. The topological polar surface area (TPSA) is 105 Å².